The van der Waals surface area contributed by atoms with Crippen molar-refractivity contribution in [3.63, 3.8) is 0 Å². The molecule has 0 atom stereocenters. The third-order valence-electron chi connectivity index (χ3n) is 1.09. The standard InChI is InChI=1S/C6H7O3P.Mg.2H/c7-10(8,9)6-4-2-1-3-5-6;;;/h1-5H,(H2,7,8,9);;;. The lowest BCUT2D eigenvalue weighted by Crippen LogP contribution is -2.01. The number of hydrogen-bond donors (Lipinski definition) is 2. The lowest BCUT2D eigenvalue weighted by atomic mass is 10.4. The van der Waals surface area contributed by atoms with Gasteiger partial charge in [-0.2, -0.15) is 0 Å². The van der Waals surface area contributed by atoms with Gasteiger partial charge in [-0.1, -0.05) is 18.2 Å². The van der Waals surface area contributed by atoms with Crippen molar-refractivity contribution in [2.75, 3.05) is 0 Å². The van der Waals surface area contributed by atoms with Gasteiger partial charge in [0.1, 0.15) is 0 Å². The maximum Gasteiger partial charge on any atom is 0.356 e. The van der Waals surface area contributed by atoms with Gasteiger partial charge >= 0.3 is 30.6 Å². The summed E-state index contributed by atoms with van der Waals surface area (Å²) in [4.78, 5) is 17.2. The van der Waals surface area contributed by atoms with E-state index in [1.54, 1.807) is 18.2 Å². The Kier molecular flexibility index (Phi) is 4.29. The van der Waals surface area contributed by atoms with Crippen molar-refractivity contribution in [3.05, 3.63) is 30.3 Å². The van der Waals surface area contributed by atoms with Crippen molar-refractivity contribution in [1.82, 2.24) is 0 Å². The summed E-state index contributed by atoms with van der Waals surface area (Å²) in [5.41, 5.74) is 0. The Balaban J connectivity index is 0.000001000. The van der Waals surface area contributed by atoms with E-state index >= 15 is 0 Å². The third kappa shape index (κ3) is 3.36. The Labute approximate surface area is 80.8 Å². The van der Waals surface area contributed by atoms with Crippen LogP contribution in [0.25, 0.3) is 0 Å². The first-order valence-electron chi connectivity index (χ1n) is 2.72. The number of hydrogen-bond acceptors (Lipinski definition) is 1. The predicted molar refractivity (Wildman–Crippen MR) is 46.7 cm³/mol. The van der Waals surface area contributed by atoms with Gasteiger partial charge in [-0.25, -0.2) is 0 Å². The van der Waals surface area contributed by atoms with Gasteiger partial charge in [-0.3, -0.25) is 4.57 Å². The molecule has 0 heterocycles. The summed E-state index contributed by atoms with van der Waals surface area (Å²) in [5, 5.41) is 0.0648. The van der Waals surface area contributed by atoms with Crippen molar-refractivity contribution in [3.8, 4) is 0 Å². The molecule has 0 aliphatic heterocycles. The second-order valence-electron chi connectivity index (χ2n) is 1.88. The zero-order chi connectivity index (χ0) is 7.61. The molecule has 0 saturated carbocycles. The molecule has 0 radical (unpaired) electrons. The van der Waals surface area contributed by atoms with Crippen LogP contribution in [0, 0.1) is 0 Å². The minimum absolute atomic E-state index is 0. The maximum atomic E-state index is 10.5. The largest absolute Gasteiger partial charge is 0.356 e. The highest BCUT2D eigenvalue weighted by atomic mass is 31.2. The Bertz CT molecular complexity index is 256. The molecule has 0 aliphatic rings. The average Bonchev–Trinajstić information content (AvgIpc) is 1.88. The lowest BCUT2D eigenvalue weighted by Gasteiger charge is -2.00. The normalized spacial score (nSPS) is 10.4. The van der Waals surface area contributed by atoms with Gasteiger partial charge < -0.3 is 9.79 Å². The van der Waals surface area contributed by atoms with Crippen molar-refractivity contribution in [2.24, 2.45) is 0 Å². The topological polar surface area (TPSA) is 57.5 Å². The minimum Gasteiger partial charge on any atom is -0.321 e. The van der Waals surface area contributed by atoms with Gasteiger partial charge in [0.15, 0.2) is 0 Å². The highest BCUT2D eigenvalue weighted by Crippen LogP contribution is 2.32. The van der Waals surface area contributed by atoms with Gasteiger partial charge in [0.05, 0.1) is 5.30 Å². The molecule has 0 saturated heterocycles. The molecule has 5 heteroatoms. The van der Waals surface area contributed by atoms with Gasteiger partial charge in [0, 0.05) is 0 Å². The fraction of sp³-hybridized carbons (Fsp3) is 0. The van der Waals surface area contributed by atoms with Crippen molar-refractivity contribution >= 4 is 36.0 Å². The Morgan fingerprint density at radius 2 is 1.55 bits per heavy atom. The predicted octanol–water partition coefficient (Wildman–Crippen LogP) is -0.427. The van der Waals surface area contributed by atoms with Crippen LogP contribution in [0.4, 0.5) is 0 Å². The summed E-state index contributed by atoms with van der Waals surface area (Å²) >= 11 is 0. The lowest BCUT2D eigenvalue weighted by molar-refractivity contribution is 0.387. The molecule has 2 N–H and O–H groups in total. The molecule has 58 valence electrons. The van der Waals surface area contributed by atoms with E-state index in [-0.39, 0.29) is 28.4 Å². The fourth-order valence-electron chi connectivity index (χ4n) is 0.622. The molecule has 0 aromatic heterocycles. The van der Waals surface area contributed by atoms with E-state index < -0.39 is 7.60 Å². The van der Waals surface area contributed by atoms with Crippen LogP contribution in [0.2, 0.25) is 0 Å². The van der Waals surface area contributed by atoms with Crippen LogP contribution in [0.5, 0.6) is 0 Å². The quantitative estimate of drug-likeness (QED) is 0.460. The molecule has 0 amide bonds. The number of benzene rings is 1. The molecular weight excluding hydrogens is 175 g/mol. The second-order valence-corrected chi connectivity index (χ2v) is 3.48. The molecule has 1 aromatic carbocycles. The molecule has 0 unspecified atom stereocenters. The summed E-state index contributed by atoms with van der Waals surface area (Å²) in [7, 11) is -4.02. The van der Waals surface area contributed by atoms with Crippen molar-refractivity contribution < 1.29 is 14.4 Å². The van der Waals surface area contributed by atoms with Gasteiger partial charge in [0.2, 0.25) is 0 Å². The first-order chi connectivity index (χ1) is 4.61. The highest BCUT2D eigenvalue weighted by molar-refractivity contribution is 7.60. The molecule has 0 spiro atoms. The van der Waals surface area contributed by atoms with Crippen molar-refractivity contribution in [1.29, 1.82) is 0 Å². The summed E-state index contributed by atoms with van der Waals surface area (Å²) in [6.07, 6.45) is 0. The van der Waals surface area contributed by atoms with Crippen LogP contribution >= 0.6 is 7.60 Å². The van der Waals surface area contributed by atoms with Crippen LogP contribution in [0.3, 0.4) is 0 Å². The van der Waals surface area contributed by atoms with E-state index in [1.165, 1.54) is 12.1 Å². The Morgan fingerprint density at radius 1 is 1.09 bits per heavy atom. The van der Waals surface area contributed by atoms with E-state index in [9.17, 15) is 4.57 Å². The van der Waals surface area contributed by atoms with Crippen LogP contribution in [-0.2, 0) is 4.57 Å². The van der Waals surface area contributed by atoms with Crippen LogP contribution < -0.4 is 5.30 Å². The van der Waals surface area contributed by atoms with E-state index in [2.05, 4.69) is 0 Å². The molecule has 0 aliphatic carbocycles. The van der Waals surface area contributed by atoms with Gasteiger partial charge in [-0.15, -0.1) is 0 Å². The van der Waals surface area contributed by atoms with Crippen LogP contribution in [0.15, 0.2) is 30.3 Å². The van der Waals surface area contributed by atoms with E-state index in [0.717, 1.165) is 0 Å². The van der Waals surface area contributed by atoms with E-state index in [4.69, 9.17) is 9.79 Å². The van der Waals surface area contributed by atoms with Crippen LogP contribution in [0.1, 0.15) is 0 Å². The van der Waals surface area contributed by atoms with E-state index in [0.29, 0.717) is 0 Å². The minimum atomic E-state index is -4.02. The zero-order valence-corrected chi connectivity index (χ0v) is 6.03. The summed E-state index contributed by atoms with van der Waals surface area (Å²) < 4.78 is 10.5. The molecule has 0 bridgehead atoms. The summed E-state index contributed by atoms with van der Waals surface area (Å²) in [6.45, 7) is 0. The number of rotatable bonds is 1. The SMILES string of the molecule is O=P(O)(O)c1ccccc1.[MgH2]. The Hall–Kier alpha value is 0.136. The summed E-state index contributed by atoms with van der Waals surface area (Å²) in [5.74, 6) is 0. The summed E-state index contributed by atoms with van der Waals surface area (Å²) in [6, 6.07) is 7.70. The molecular formula is C6H9MgO3P. The average molecular weight is 184 g/mol. The Morgan fingerprint density at radius 3 is 1.82 bits per heavy atom. The maximum absolute atomic E-state index is 10.5. The monoisotopic (exact) mass is 184 g/mol. The molecule has 11 heavy (non-hydrogen) atoms. The van der Waals surface area contributed by atoms with Crippen LogP contribution in [-0.4, -0.2) is 32.8 Å². The van der Waals surface area contributed by atoms with Gasteiger partial charge in [-0.05, 0) is 12.1 Å². The third-order valence-corrected chi connectivity index (χ3v) is 2.06. The highest BCUT2D eigenvalue weighted by Gasteiger charge is 2.14. The van der Waals surface area contributed by atoms with E-state index in [1.807, 2.05) is 0 Å². The second kappa shape index (κ2) is 4.23. The fourth-order valence-corrected chi connectivity index (χ4v) is 1.18. The van der Waals surface area contributed by atoms with Crippen molar-refractivity contribution in [2.45, 2.75) is 0 Å². The molecule has 1 rings (SSSR count). The van der Waals surface area contributed by atoms with Gasteiger partial charge in [0.25, 0.3) is 0 Å². The first-order valence-corrected chi connectivity index (χ1v) is 4.33. The smallest absolute Gasteiger partial charge is 0.321 e. The zero-order valence-electron chi connectivity index (χ0n) is 5.14. The first kappa shape index (κ1) is 11.1. The molecule has 0 fully saturated rings. The molecule has 3 nitrogen and oxygen atoms in total. The molecule has 1 aromatic rings.